The minimum absolute atomic E-state index is 0.150. The summed E-state index contributed by atoms with van der Waals surface area (Å²) in [5.41, 5.74) is 2.94. The van der Waals surface area contributed by atoms with Crippen molar-refractivity contribution in [3.05, 3.63) is 35.4 Å². The van der Waals surface area contributed by atoms with E-state index in [1.54, 1.807) is 0 Å². The third-order valence-corrected chi connectivity index (χ3v) is 4.28. The van der Waals surface area contributed by atoms with E-state index in [2.05, 4.69) is 56.9 Å². The van der Waals surface area contributed by atoms with E-state index in [0.717, 1.165) is 13.0 Å². The fourth-order valence-corrected chi connectivity index (χ4v) is 2.92. The Morgan fingerprint density at radius 3 is 2.33 bits per heavy atom. The van der Waals surface area contributed by atoms with Crippen molar-refractivity contribution in [3.63, 3.8) is 0 Å². The van der Waals surface area contributed by atoms with Crippen LogP contribution >= 0.6 is 0 Å². The van der Waals surface area contributed by atoms with Gasteiger partial charge >= 0.3 is 5.97 Å². The van der Waals surface area contributed by atoms with E-state index in [1.807, 2.05) is 0 Å². The number of hydrogen-bond acceptors (Lipinski definition) is 2. The van der Waals surface area contributed by atoms with Gasteiger partial charge in [0.1, 0.15) is 0 Å². The number of nitrogens with zero attached hydrogens (tertiary/aromatic N) is 1. The molecule has 1 aliphatic rings. The zero-order chi connectivity index (χ0) is 15.6. The van der Waals surface area contributed by atoms with Crippen molar-refractivity contribution in [1.29, 1.82) is 0 Å². The predicted molar refractivity (Wildman–Crippen MR) is 85.6 cm³/mol. The summed E-state index contributed by atoms with van der Waals surface area (Å²) in [6.45, 7) is 11.3. The number of aliphatic carboxylic acids is 1. The van der Waals surface area contributed by atoms with E-state index in [-0.39, 0.29) is 11.3 Å². The maximum atomic E-state index is 10.8. The first kappa shape index (κ1) is 16.0. The molecule has 1 aromatic carbocycles. The Morgan fingerprint density at radius 2 is 1.86 bits per heavy atom. The molecule has 0 amide bonds. The molecule has 1 atom stereocenters. The normalized spacial score (nSPS) is 18.3. The average Bonchev–Trinajstić information content (AvgIpc) is 2.32. The number of likely N-dealkylation sites (tertiary alicyclic amines) is 1. The minimum atomic E-state index is -0.656. The van der Waals surface area contributed by atoms with E-state index < -0.39 is 5.97 Å². The zero-order valence-electron chi connectivity index (χ0n) is 13.6. The van der Waals surface area contributed by atoms with E-state index >= 15 is 0 Å². The molecule has 0 saturated carbocycles. The Kier molecular flexibility index (Phi) is 4.72. The van der Waals surface area contributed by atoms with Gasteiger partial charge in [-0.2, -0.15) is 0 Å². The van der Waals surface area contributed by atoms with Crippen molar-refractivity contribution in [2.24, 2.45) is 11.8 Å². The van der Waals surface area contributed by atoms with Gasteiger partial charge in [-0.15, -0.1) is 0 Å². The largest absolute Gasteiger partial charge is 0.481 e. The van der Waals surface area contributed by atoms with Crippen LogP contribution in [0.5, 0.6) is 0 Å². The highest BCUT2D eigenvalue weighted by Crippen LogP contribution is 2.23. The average molecular weight is 289 g/mol. The number of carboxylic acid groups (broad SMARTS) is 1. The van der Waals surface area contributed by atoms with Crippen molar-refractivity contribution in [1.82, 2.24) is 4.90 Å². The van der Waals surface area contributed by atoms with Gasteiger partial charge in [0.25, 0.3) is 0 Å². The molecule has 1 aliphatic heterocycles. The van der Waals surface area contributed by atoms with Crippen LogP contribution in [0.2, 0.25) is 0 Å². The van der Waals surface area contributed by atoms with Gasteiger partial charge in [-0.05, 0) is 28.9 Å². The molecule has 0 aliphatic carbocycles. The van der Waals surface area contributed by atoms with E-state index in [0.29, 0.717) is 19.0 Å². The van der Waals surface area contributed by atoms with Gasteiger partial charge < -0.3 is 10.0 Å². The summed E-state index contributed by atoms with van der Waals surface area (Å²) in [7, 11) is 0. The summed E-state index contributed by atoms with van der Waals surface area (Å²) in [5.74, 6) is -0.250. The number of carboxylic acids is 1. The first-order valence-corrected chi connectivity index (χ1v) is 7.80. The summed E-state index contributed by atoms with van der Waals surface area (Å²) in [4.78, 5) is 13.0. The summed E-state index contributed by atoms with van der Waals surface area (Å²) in [6.07, 6.45) is 1.05. The molecule has 0 aromatic heterocycles. The molecule has 21 heavy (non-hydrogen) atoms. The molecule has 116 valence electrons. The number of hydrogen-bond donors (Lipinski definition) is 1. The summed E-state index contributed by atoms with van der Waals surface area (Å²) in [5, 5.41) is 8.89. The van der Waals surface area contributed by atoms with Crippen LogP contribution in [0.25, 0.3) is 0 Å². The lowest BCUT2D eigenvalue weighted by atomic mass is 9.86. The van der Waals surface area contributed by atoms with Gasteiger partial charge in [0.05, 0.1) is 5.92 Å². The number of rotatable bonds is 5. The Balaban J connectivity index is 1.81. The molecular formula is C18H27NO2. The highest BCUT2D eigenvalue weighted by molar-refractivity contribution is 5.71. The SMILES string of the molecule is CC(Cc1ccc(C(C)(C)C)cc1)CN1CC(C(=O)O)C1. The molecule has 0 bridgehead atoms. The zero-order valence-corrected chi connectivity index (χ0v) is 13.6. The molecule has 1 saturated heterocycles. The smallest absolute Gasteiger partial charge is 0.309 e. The van der Waals surface area contributed by atoms with Crippen molar-refractivity contribution in [2.75, 3.05) is 19.6 Å². The molecule has 1 aromatic rings. The van der Waals surface area contributed by atoms with Crippen LogP contribution in [0.3, 0.4) is 0 Å². The predicted octanol–water partition coefficient (Wildman–Crippen LogP) is 3.18. The van der Waals surface area contributed by atoms with Gasteiger partial charge in [-0.1, -0.05) is 52.0 Å². The van der Waals surface area contributed by atoms with Crippen LogP contribution in [0.1, 0.15) is 38.8 Å². The topological polar surface area (TPSA) is 40.5 Å². The minimum Gasteiger partial charge on any atom is -0.481 e. The van der Waals surface area contributed by atoms with Gasteiger partial charge in [-0.25, -0.2) is 0 Å². The molecular weight excluding hydrogens is 262 g/mol. The Hall–Kier alpha value is -1.35. The van der Waals surface area contributed by atoms with Gasteiger partial charge in [0, 0.05) is 19.6 Å². The first-order valence-electron chi connectivity index (χ1n) is 7.80. The van der Waals surface area contributed by atoms with Crippen LogP contribution in [0.15, 0.2) is 24.3 Å². The van der Waals surface area contributed by atoms with Gasteiger partial charge in [-0.3, -0.25) is 4.79 Å². The molecule has 3 heteroatoms. The highest BCUT2D eigenvalue weighted by Gasteiger charge is 2.32. The second-order valence-corrected chi connectivity index (χ2v) is 7.51. The monoisotopic (exact) mass is 289 g/mol. The van der Waals surface area contributed by atoms with Gasteiger partial charge in [0.15, 0.2) is 0 Å². The van der Waals surface area contributed by atoms with Crippen LogP contribution < -0.4 is 0 Å². The van der Waals surface area contributed by atoms with E-state index in [1.165, 1.54) is 11.1 Å². The molecule has 3 nitrogen and oxygen atoms in total. The van der Waals surface area contributed by atoms with Crippen molar-refractivity contribution >= 4 is 5.97 Å². The highest BCUT2D eigenvalue weighted by atomic mass is 16.4. The number of carbonyl (C=O) groups is 1. The van der Waals surface area contributed by atoms with E-state index in [4.69, 9.17) is 5.11 Å². The molecule has 1 fully saturated rings. The quantitative estimate of drug-likeness (QED) is 0.905. The molecule has 1 unspecified atom stereocenters. The maximum absolute atomic E-state index is 10.8. The van der Waals surface area contributed by atoms with Crippen molar-refractivity contribution < 1.29 is 9.90 Å². The second-order valence-electron chi connectivity index (χ2n) is 7.51. The van der Waals surface area contributed by atoms with Gasteiger partial charge in [0.2, 0.25) is 0 Å². The lowest BCUT2D eigenvalue weighted by Gasteiger charge is -2.38. The third-order valence-electron chi connectivity index (χ3n) is 4.28. The van der Waals surface area contributed by atoms with Crippen molar-refractivity contribution in [3.8, 4) is 0 Å². The third kappa shape index (κ3) is 4.31. The second kappa shape index (κ2) is 6.18. The molecule has 1 heterocycles. The lowest BCUT2D eigenvalue weighted by molar-refractivity contribution is -0.147. The molecule has 2 rings (SSSR count). The standard InChI is InChI=1S/C18H27NO2/c1-13(10-19-11-15(12-19)17(20)21)9-14-5-7-16(8-6-14)18(2,3)4/h5-8,13,15H,9-12H2,1-4H3,(H,20,21). The van der Waals surface area contributed by atoms with Crippen LogP contribution in [-0.4, -0.2) is 35.6 Å². The molecule has 0 spiro atoms. The summed E-state index contributed by atoms with van der Waals surface area (Å²) >= 11 is 0. The summed E-state index contributed by atoms with van der Waals surface area (Å²) < 4.78 is 0. The van der Waals surface area contributed by atoms with Crippen LogP contribution in [0.4, 0.5) is 0 Å². The molecule has 0 radical (unpaired) electrons. The summed E-state index contributed by atoms with van der Waals surface area (Å²) in [6, 6.07) is 8.92. The first-order chi connectivity index (χ1) is 9.75. The van der Waals surface area contributed by atoms with Crippen LogP contribution in [0, 0.1) is 11.8 Å². The number of benzene rings is 1. The lowest BCUT2D eigenvalue weighted by Crippen LogP contribution is -2.51. The fraction of sp³-hybridized carbons (Fsp3) is 0.611. The molecule has 1 N–H and O–H groups in total. The Labute approximate surface area is 128 Å². The Bertz CT molecular complexity index is 481. The fourth-order valence-electron chi connectivity index (χ4n) is 2.92. The van der Waals surface area contributed by atoms with Crippen LogP contribution in [-0.2, 0) is 16.6 Å². The Morgan fingerprint density at radius 1 is 1.29 bits per heavy atom. The maximum Gasteiger partial charge on any atom is 0.309 e. The van der Waals surface area contributed by atoms with E-state index in [9.17, 15) is 4.79 Å². The van der Waals surface area contributed by atoms with Crippen molar-refractivity contribution in [2.45, 2.75) is 39.5 Å².